The Morgan fingerprint density at radius 1 is 0.429 bits per heavy atom. The van der Waals surface area contributed by atoms with Crippen molar-refractivity contribution in [3.05, 3.63) is 48.6 Å². The number of hydrogen-bond donors (Lipinski definition) is 2. The van der Waals surface area contributed by atoms with Crippen molar-refractivity contribution in [3.8, 4) is 0 Å². The summed E-state index contributed by atoms with van der Waals surface area (Å²) >= 11 is 0. The molecule has 0 heterocycles. The van der Waals surface area contributed by atoms with Crippen LogP contribution in [-0.2, 0) is 18.4 Å². The lowest BCUT2D eigenvalue weighted by atomic mass is 10.0. The Kier molecular flexibility index (Phi) is 64.7. The van der Waals surface area contributed by atoms with Crippen LogP contribution >= 0.6 is 7.82 Å². The zero-order valence-electron chi connectivity index (χ0n) is 56.9. The third-order valence-electron chi connectivity index (χ3n) is 17.1. The number of hydrogen-bond acceptors (Lipinski definition) is 6. The third kappa shape index (κ3) is 68.0. The average molecular weight is 1200 g/mol. The molecular formula is C75H145N2O6P. The Morgan fingerprint density at radius 2 is 0.726 bits per heavy atom. The Morgan fingerprint density at radius 3 is 1.06 bits per heavy atom. The minimum Gasteiger partial charge on any atom is -0.756 e. The number of nitrogens with zero attached hydrogens (tertiary/aromatic N) is 1. The van der Waals surface area contributed by atoms with Crippen LogP contribution in [0.4, 0.5) is 0 Å². The van der Waals surface area contributed by atoms with Gasteiger partial charge >= 0.3 is 0 Å². The monoisotopic (exact) mass is 1200 g/mol. The SMILES string of the molecule is CC/C=C\C/C=C\C/C=C\C/C=C\CCCCCCCCCCCCCCCCCCCCC(=O)NC(COP(=O)([O-])OCC[N+](C)(C)C)C(O)CCCCCCCCCCCCCCCCCCCCCCCCCCCCCCCCC. The second kappa shape index (κ2) is 65.9. The molecule has 0 saturated heterocycles. The maximum atomic E-state index is 13.1. The lowest BCUT2D eigenvalue weighted by Crippen LogP contribution is -2.46. The van der Waals surface area contributed by atoms with Crippen LogP contribution in [0.1, 0.15) is 373 Å². The van der Waals surface area contributed by atoms with Gasteiger partial charge in [-0.05, 0) is 51.4 Å². The van der Waals surface area contributed by atoms with Gasteiger partial charge in [0, 0.05) is 6.42 Å². The molecule has 0 bridgehead atoms. The van der Waals surface area contributed by atoms with Crippen molar-refractivity contribution in [2.75, 3.05) is 40.9 Å². The van der Waals surface area contributed by atoms with Crippen LogP contribution in [0.3, 0.4) is 0 Å². The molecule has 3 atom stereocenters. The van der Waals surface area contributed by atoms with Crippen molar-refractivity contribution < 1.29 is 32.9 Å². The zero-order valence-corrected chi connectivity index (χ0v) is 57.8. The van der Waals surface area contributed by atoms with Crippen molar-refractivity contribution in [2.45, 2.75) is 386 Å². The van der Waals surface area contributed by atoms with Crippen LogP contribution in [0.15, 0.2) is 48.6 Å². The summed E-state index contributed by atoms with van der Waals surface area (Å²) < 4.78 is 23.6. The number of carbonyl (C=O) groups excluding carboxylic acids is 1. The molecule has 0 aromatic carbocycles. The summed E-state index contributed by atoms with van der Waals surface area (Å²) in [5, 5.41) is 14.1. The predicted molar refractivity (Wildman–Crippen MR) is 367 cm³/mol. The Labute approximate surface area is 524 Å². The van der Waals surface area contributed by atoms with Crippen molar-refractivity contribution in [3.63, 3.8) is 0 Å². The zero-order chi connectivity index (χ0) is 61.2. The first-order chi connectivity index (χ1) is 41.0. The fraction of sp³-hybridized carbons (Fsp3) is 0.880. The molecule has 0 radical (unpaired) electrons. The summed E-state index contributed by atoms with van der Waals surface area (Å²) in [6.45, 7) is 4.67. The van der Waals surface area contributed by atoms with E-state index < -0.39 is 20.0 Å². The van der Waals surface area contributed by atoms with E-state index in [9.17, 15) is 19.4 Å². The van der Waals surface area contributed by atoms with Gasteiger partial charge in [0.15, 0.2) is 0 Å². The van der Waals surface area contributed by atoms with E-state index in [1.165, 1.54) is 283 Å². The number of allylic oxidation sites excluding steroid dienone is 8. The number of rotatable bonds is 69. The van der Waals surface area contributed by atoms with E-state index >= 15 is 0 Å². The standard InChI is InChI=1S/C75H145N2O6P/c1-6-8-10-12-14-16-18-20-22-24-26-28-30-32-34-36-38-40-42-44-46-48-50-52-54-56-58-60-62-64-66-68-74(78)73(72-83-84(80,81)82-71-70-77(3,4)5)76-75(79)69-67-65-63-61-59-57-55-53-51-49-47-45-43-41-39-37-35-33-31-29-27-25-23-21-19-17-15-13-11-9-7-2/h9,11,15,17,21,23,27,29,73-74,78H,6-8,10,12-14,16,18-20,22,24-26,28,30-72H2,1-5H3,(H-,76,79,80,81)/b11-9-,17-15-,23-21-,29-27-. The van der Waals surface area contributed by atoms with E-state index in [2.05, 4.69) is 67.8 Å². The molecule has 496 valence electrons. The highest BCUT2D eigenvalue weighted by molar-refractivity contribution is 7.45. The van der Waals surface area contributed by atoms with Gasteiger partial charge in [0.1, 0.15) is 13.2 Å². The Hall–Kier alpha value is -1.54. The number of amides is 1. The van der Waals surface area contributed by atoms with Crippen LogP contribution in [0.5, 0.6) is 0 Å². The molecule has 0 saturated carbocycles. The first-order valence-corrected chi connectivity index (χ1v) is 38.4. The summed E-state index contributed by atoms with van der Waals surface area (Å²) in [5.74, 6) is -0.158. The maximum absolute atomic E-state index is 13.1. The van der Waals surface area contributed by atoms with Gasteiger partial charge in [-0.25, -0.2) is 0 Å². The molecule has 0 aromatic heterocycles. The molecule has 0 aliphatic rings. The van der Waals surface area contributed by atoms with Gasteiger partial charge in [0.2, 0.25) is 5.91 Å². The third-order valence-corrected chi connectivity index (χ3v) is 18.0. The van der Waals surface area contributed by atoms with Crippen LogP contribution in [-0.4, -0.2) is 68.5 Å². The molecule has 2 N–H and O–H groups in total. The second-order valence-corrected chi connectivity index (χ2v) is 28.0. The van der Waals surface area contributed by atoms with E-state index in [1.807, 2.05) is 21.1 Å². The van der Waals surface area contributed by atoms with E-state index in [0.29, 0.717) is 23.9 Å². The summed E-state index contributed by atoms with van der Waals surface area (Å²) in [4.78, 5) is 25.7. The number of phosphoric acid groups is 1. The van der Waals surface area contributed by atoms with Gasteiger partial charge in [-0.2, -0.15) is 0 Å². The molecule has 0 fully saturated rings. The fourth-order valence-corrected chi connectivity index (χ4v) is 12.1. The van der Waals surface area contributed by atoms with E-state index in [4.69, 9.17) is 9.05 Å². The molecule has 0 aliphatic heterocycles. The fourth-order valence-electron chi connectivity index (χ4n) is 11.4. The highest BCUT2D eigenvalue weighted by atomic mass is 31.2. The number of quaternary nitrogens is 1. The molecular weight excluding hydrogens is 1060 g/mol. The predicted octanol–water partition coefficient (Wildman–Crippen LogP) is 23.2. The van der Waals surface area contributed by atoms with E-state index in [-0.39, 0.29) is 19.1 Å². The number of unbranched alkanes of at least 4 members (excludes halogenated alkanes) is 48. The molecule has 0 rings (SSSR count). The second-order valence-electron chi connectivity index (χ2n) is 26.6. The van der Waals surface area contributed by atoms with E-state index in [0.717, 1.165) is 64.2 Å². The van der Waals surface area contributed by atoms with Crippen LogP contribution in [0, 0.1) is 0 Å². The van der Waals surface area contributed by atoms with Gasteiger partial charge < -0.3 is 28.8 Å². The first kappa shape index (κ1) is 82.5. The highest BCUT2D eigenvalue weighted by Crippen LogP contribution is 2.38. The Bertz CT molecular complexity index is 1510. The average Bonchev–Trinajstić information content (AvgIpc) is 3.56. The number of carbonyl (C=O) groups is 1. The summed E-state index contributed by atoms with van der Waals surface area (Å²) in [7, 11) is 1.32. The van der Waals surface area contributed by atoms with Crippen molar-refractivity contribution >= 4 is 13.7 Å². The lowest BCUT2D eigenvalue weighted by Gasteiger charge is -2.30. The van der Waals surface area contributed by atoms with Gasteiger partial charge in [0.05, 0.1) is 39.9 Å². The van der Waals surface area contributed by atoms with Crippen LogP contribution in [0.2, 0.25) is 0 Å². The quantitative estimate of drug-likeness (QED) is 0.0272. The van der Waals surface area contributed by atoms with Gasteiger partial charge in [-0.3, -0.25) is 9.36 Å². The normalized spacial score (nSPS) is 13.8. The molecule has 0 aromatic rings. The summed E-state index contributed by atoms with van der Waals surface area (Å²) in [5.41, 5.74) is 0. The van der Waals surface area contributed by atoms with Crippen LogP contribution < -0.4 is 10.2 Å². The van der Waals surface area contributed by atoms with Gasteiger partial charge in [-0.1, -0.05) is 364 Å². The molecule has 84 heavy (non-hydrogen) atoms. The number of aliphatic hydroxyl groups excluding tert-OH is 1. The van der Waals surface area contributed by atoms with Crippen molar-refractivity contribution in [1.82, 2.24) is 5.32 Å². The number of likely N-dealkylation sites (N-methyl/N-ethyl adjacent to an activating group) is 1. The maximum Gasteiger partial charge on any atom is 0.268 e. The largest absolute Gasteiger partial charge is 0.756 e. The molecule has 9 heteroatoms. The summed E-state index contributed by atoms with van der Waals surface area (Å²) in [6.07, 6.45) is 89.2. The van der Waals surface area contributed by atoms with E-state index in [1.54, 1.807) is 0 Å². The Balaban J connectivity index is 3.97. The van der Waals surface area contributed by atoms with Crippen molar-refractivity contribution in [1.29, 1.82) is 0 Å². The van der Waals surface area contributed by atoms with Crippen LogP contribution in [0.25, 0.3) is 0 Å². The molecule has 1 amide bonds. The first-order valence-electron chi connectivity index (χ1n) is 37.0. The van der Waals surface area contributed by atoms with Gasteiger partial charge in [-0.15, -0.1) is 0 Å². The smallest absolute Gasteiger partial charge is 0.268 e. The molecule has 3 unspecified atom stereocenters. The van der Waals surface area contributed by atoms with Gasteiger partial charge in [0.25, 0.3) is 7.82 Å². The number of nitrogens with one attached hydrogen (secondary N) is 1. The molecule has 0 spiro atoms. The lowest BCUT2D eigenvalue weighted by molar-refractivity contribution is -0.870. The number of phosphoric ester groups is 1. The minimum absolute atomic E-state index is 0.0135. The minimum atomic E-state index is -4.58. The topological polar surface area (TPSA) is 108 Å². The number of aliphatic hydroxyl groups is 1. The van der Waals surface area contributed by atoms with Crippen molar-refractivity contribution in [2.24, 2.45) is 0 Å². The summed E-state index contributed by atoms with van der Waals surface area (Å²) in [6, 6.07) is -0.802. The molecule has 8 nitrogen and oxygen atoms in total. The highest BCUT2D eigenvalue weighted by Gasteiger charge is 2.24. The molecule has 0 aliphatic carbocycles.